The summed E-state index contributed by atoms with van der Waals surface area (Å²) < 4.78 is 0. The lowest BCUT2D eigenvalue weighted by atomic mass is 10.3. The Morgan fingerprint density at radius 1 is 1.75 bits per heavy atom. The van der Waals surface area contributed by atoms with Gasteiger partial charge in [0.05, 0.1) is 0 Å². The standard InChI is InChI=1S/C7H12S/c1-2-4-7-5-3-6-8-7/h5H,2-4,6H2,1H3. The maximum atomic E-state index is 2.37. The Bertz CT molecular complexity index is 94.6. The minimum absolute atomic E-state index is 1.30. The molecule has 8 heavy (non-hydrogen) atoms. The van der Waals surface area contributed by atoms with E-state index in [0.29, 0.717) is 0 Å². The van der Waals surface area contributed by atoms with Gasteiger partial charge in [-0.2, -0.15) is 0 Å². The van der Waals surface area contributed by atoms with Crippen molar-refractivity contribution in [1.82, 2.24) is 0 Å². The molecule has 0 N–H and O–H groups in total. The third kappa shape index (κ3) is 1.55. The molecule has 0 unspecified atom stereocenters. The summed E-state index contributed by atoms with van der Waals surface area (Å²) in [5, 5.41) is 0. The van der Waals surface area contributed by atoms with E-state index in [-0.39, 0.29) is 0 Å². The summed E-state index contributed by atoms with van der Waals surface area (Å²) in [7, 11) is 0. The van der Waals surface area contributed by atoms with Crippen LogP contribution in [0.1, 0.15) is 26.2 Å². The van der Waals surface area contributed by atoms with E-state index >= 15 is 0 Å². The highest BCUT2D eigenvalue weighted by molar-refractivity contribution is 8.03. The normalized spacial score (nSPS) is 18.9. The van der Waals surface area contributed by atoms with E-state index in [1.165, 1.54) is 25.0 Å². The first-order valence-corrected chi connectivity index (χ1v) is 4.24. The van der Waals surface area contributed by atoms with Gasteiger partial charge >= 0.3 is 0 Å². The highest BCUT2D eigenvalue weighted by atomic mass is 32.2. The Labute approximate surface area is 55.4 Å². The number of thioether (sulfide) groups is 1. The van der Waals surface area contributed by atoms with Gasteiger partial charge in [0.25, 0.3) is 0 Å². The fourth-order valence-electron chi connectivity index (χ4n) is 0.889. The Balaban J connectivity index is 2.23. The molecule has 0 aromatic rings. The molecule has 0 aliphatic carbocycles. The first-order valence-electron chi connectivity index (χ1n) is 3.25. The van der Waals surface area contributed by atoms with Crippen molar-refractivity contribution in [2.24, 2.45) is 0 Å². The van der Waals surface area contributed by atoms with E-state index in [1.807, 2.05) is 11.8 Å². The smallest absolute Gasteiger partial charge is 0.00117 e. The molecular weight excluding hydrogens is 116 g/mol. The van der Waals surface area contributed by atoms with E-state index in [0.717, 1.165) is 0 Å². The summed E-state index contributed by atoms with van der Waals surface area (Å²) in [5.74, 6) is 1.33. The van der Waals surface area contributed by atoms with Crippen molar-refractivity contribution >= 4 is 11.8 Å². The molecule has 0 radical (unpaired) electrons. The van der Waals surface area contributed by atoms with Gasteiger partial charge in [-0.3, -0.25) is 0 Å². The van der Waals surface area contributed by atoms with Gasteiger partial charge in [-0.15, -0.1) is 11.8 Å². The predicted octanol–water partition coefficient (Wildman–Crippen LogP) is 2.81. The zero-order chi connectivity index (χ0) is 5.82. The SMILES string of the molecule is CCCC1=CCCS1. The Morgan fingerprint density at radius 3 is 3.12 bits per heavy atom. The van der Waals surface area contributed by atoms with Gasteiger partial charge in [-0.05, 0) is 17.7 Å². The second kappa shape index (κ2) is 3.18. The number of hydrogen-bond donors (Lipinski definition) is 0. The van der Waals surface area contributed by atoms with Crippen LogP contribution in [-0.2, 0) is 0 Å². The van der Waals surface area contributed by atoms with Gasteiger partial charge in [-0.25, -0.2) is 0 Å². The maximum Gasteiger partial charge on any atom is 0.00117 e. The third-order valence-electron chi connectivity index (χ3n) is 1.27. The minimum atomic E-state index is 1.30. The maximum absolute atomic E-state index is 2.37. The average Bonchev–Trinajstić information content (AvgIpc) is 2.19. The second-order valence-electron chi connectivity index (χ2n) is 2.06. The van der Waals surface area contributed by atoms with Crippen LogP contribution >= 0.6 is 11.8 Å². The van der Waals surface area contributed by atoms with Crippen LogP contribution < -0.4 is 0 Å². The highest BCUT2D eigenvalue weighted by Gasteiger charge is 2.01. The number of allylic oxidation sites excluding steroid dienone is 2. The molecule has 1 heteroatoms. The van der Waals surface area contributed by atoms with Crippen molar-refractivity contribution in [1.29, 1.82) is 0 Å². The van der Waals surface area contributed by atoms with E-state index in [4.69, 9.17) is 0 Å². The fraction of sp³-hybridized carbons (Fsp3) is 0.714. The summed E-state index contributed by atoms with van der Waals surface area (Å²) in [6.07, 6.45) is 6.29. The molecule has 1 aliphatic rings. The van der Waals surface area contributed by atoms with Crippen LogP contribution in [0, 0.1) is 0 Å². The summed E-state index contributed by atoms with van der Waals surface area (Å²) in [6.45, 7) is 2.24. The van der Waals surface area contributed by atoms with Crippen LogP contribution in [0.25, 0.3) is 0 Å². The highest BCUT2D eigenvalue weighted by Crippen LogP contribution is 2.27. The van der Waals surface area contributed by atoms with Crippen molar-refractivity contribution < 1.29 is 0 Å². The summed E-state index contributed by atoms with van der Waals surface area (Å²) in [5.41, 5.74) is 0. The van der Waals surface area contributed by atoms with E-state index in [1.54, 1.807) is 4.91 Å². The lowest BCUT2D eigenvalue weighted by Gasteiger charge is -1.93. The topological polar surface area (TPSA) is 0 Å². The third-order valence-corrected chi connectivity index (χ3v) is 2.46. The molecule has 0 atom stereocenters. The Hall–Kier alpha value is 0.0900. The van der Waals surface area contributed by atoms with Crippen LogP contribution in [0.4, 0.5) is 0 Å². The predicted molar refractivity (Wildman–Crippen MR) is 40.1 cm³/mol. The van der Waals surface area contributed by atoms with Crippen LogP contribution in [0.5, 0.6) is 0 Å². The summed E-state index contributed by atoms with van der Waals surface area (Å²) in [4.78, 5) is 1.62. The molecule has 0 aromatic heterocycles. The second-order valence-corrected chi connectivity index (χ2v) is 3.28. The zero-order valence-electron chi connectivity index (χ0n) is 5.31. The number of hydrogen-bond acceptors (Lipinski definition) is 1. The van der Waals surface area contributed by atoms with Crippen molar-refractivity contribution in [3.63, 3.8) is 0 Å². The molecule has 0 fully saturated rings. The molecule has 0 spiro atoms. The molecule has 1 heterocycles. The lowest BCUT2D eigenvalue weighted by Crippen LogP contribution is -1.68. The summed E-state index contributed by atoms with van der Waals surface area (Å²) >= 11 is 2.03. The van der Waals surface area contributed by atoms with Gasteiger partial charge < -0.3 is 0 Å². The van der Waals surface area contributed by atoms with Gasteiger partial charge in [-0.1, -0.05) is 19.4 Å². The summed E-state index contributed by atoms with van der Waals surface area (Å²) in [6, 6.07) is 0. The zero-order valence-corrected chi connectivity index (χ0v) is 6.13. The van der Waals surface area contributed by atoms with Crippen molar-refractivity contribution in [2.45, 2.75) is 26.2 Å². The van der Waals surface area contributed by atoms with Crippen LogP contribution in [0.15, 0.2) is 11.0 Å². The first kappa shape index (κ1) is 6.21. The molecule has 0 nitrogen and oxygen atoms in total. The molecule has 1 aliphatic heterocycles. The Morgan fingerprint density at radius 2 is 2.62 bits per heavy atom. The van der Waals surface area contributed by atoms with Gasteiger partial charge in [0.1, 0.15) is 0 Å². The molecule has 1 rings (SSSR count). The average molecular weight is 128 g/mol. The molecule has 0 bridgehead atoms. The monoisotopic (exact) mass is 128 g/mol. The largest absolute Gasteiger partial charge is 0.131 e. The lowest BCUT2D eigenvalue weighted by molar-refractivity contribution is 0.946. The van der Waals surface area contributed by atoms with E-state index in [9.17, 15) is 0 Å². The van der Waals surface area contributed by atoms with Gasteiger partial charge in [0, 0.05) is 5.75 Å². The van der Waals surface area contributed by atoms with Crippen molar-refractivity contribution in [2.75, 3.05) is 5.75 Å². The van der Waals surface area contributed by atoms with Crippen LogP contribution in [-0.4, -0.2) is 5.75 Å². The molecule has 0 aromatic carbocycles. The minimum Gasteiger partial charge on any atom is -0.131 e. The first-order chi connectivity index (χ1) is 3.93. The van der Waals surface area contributed by atoms with Gasteiger partial charge in [0.2, 0.25) is 0 Å². The van der Waals surface area contributed by atoms with E-state index in [2.05, 4.69) is 13.0 Å². The Kier molecular flexibility index (Phi) is 2.47. The van der Waals surface area contributed by atoms with Crippen molar-refractivity contribution in [3.05, 3.63) is 11.0 Å². The molecular formula is C7H12S. The van der Waals surface area contributed by atoms with Gasteiger partial charge in [0.15, 0.2) is 0 Å². The van der Waals surface area contributed by atoms with Crippen LogP contribution in [0.2, 0.25) is 0 Å². The van der Waals surface area contributed by atoms with Crippen molar-refractivity contribution in [3.8, 4) is 0 Å². The molecule has 0 saturated carbocycles. The van der Waals surface area contributed by atoms with Crippen LogP contribution in [0.3, 0.4) is 0 Å². The quantitative estimate of drug-likeness (QED) is 0.551. The molecule has 0 amide bonds. The van der Waals surface area contributed by atoms with E-state index < -0.39 is 0 Å². The molecule has 0 saturated heterocycles. The number of rotatable bonds is 2. The molecule has 46 valence electrons. The fourth-order valence-corrected chi connectivity index (χ4v) is 1.97.